The second-order valence-corrected chi connectivity index (χ2v) is 6.44. The Balaban J connectivity index is 2.18. The summed E-state index contributed by atoms with van der Waals surface area (Å²) in [5, 5.41) is 3.55. The van der Waals surface area contributed by atoms with Gasteiger partial charge in [-0.3, -0.25) is 0 Å². The number of rotatable bonds is 4. The third-order valence-corrected chi connectivity index (χ3v) is 3.80. The lowest BCUT2D eigenvalue weighted by Gasteiger charge is -2.28. The van der Waals surface area contributed by atoms with Crippen molar-refractivity contribution in [3.05, 3.63) is 18.2 Å². The van der Waals surface area contributed by atoms with E-state index in [1.807, 2.05) is 18.2 Å². The number of nitrogens with one attached hydrogen (secondary N) is 1. The predicted octanol–water partition coefficient (Wildman–Crippen LogP) is 3.46. The molecule has 1 atom stereocenters. The lowest BCUT2D eigenvalue weighted by atomic mass is 9.94. The van der Waals surface area contributed by atoms with Crippen molar-refractivity contribution in [3.8, 4) is 11.5 Å². The molecule has 20 heavy (non-hydrogen) atoms. The molecule has 4 nitrogen and oxygen atoms in total. The molecule has 1 N–H and O–H groups in total. The maximum absolute atomic E-state index is 6.10. The number of ether oxygens (including phenoxy) is 3. The van der Waals surface area contributed by atoms with Gasteiger partial charge in [0.15, 0.2) is 11.5 Å². The van der Waals surface area contributed by atoms with Crippen LogP contribution < -0.4 is 14.8 Å². The minimum absolute atomic E-state index is 0.0995. The lowest BCUT2D eigenvalue weighted by Crippen LogP contribution is -2.38. The molecule has 1 aromatic carbocycles. The zero-order chi connectivity index (χ0) is 15.0. The molecule has 0 radical (unpaired) electrons. The fraction of sp³-hybridized carbons (Fsp3) is 0.625. The molecular weight excluding hydrogens is 254 g/mol. The molecule has 112 valence electrons. The summed E-state index contributed by atoms with van der Waals surface area (Å²) >= 11 is 0. The van der Waals surface area contributed by atoms with Crippen molar-refractivity contribution in [2.75, 3.05) is 19.5 Å². The zero-order valence-corrected chi connectivity index (χ0v) is 13.2. The molecule has 0 aliphatic carbocycles. The van der Waals surface area contributed by atoms with Gasteiger partial charge in [-0.25, -0.2) is 0 Å². The highest BCUT2D eigenvalue weighted by Gasteiger charge is 2.45. The first kappa shape index (κ1) is 15.0. The van der Waals surface area contributed by atoms with E-state index in [2.05, 4.69) is 33.0 Å². The van der Waals surface area contributed by atoms with Gasteiger partial charge < -0.3 is 19.5 Å². The van der Waals surface area contributed by atoms with Crippen molar-refractivity contribution in [2.24, 2.45) is 0 Å². The third-order valence-electron chi connectivity index (χ3n) is 3.80. The Morgan fingerprint density at radius 2 is 1.75 bits per heavy atom. The molecule has 0 amide bonds. The summed E-state index contributed by atoms with van der Waals surface area (Å²) in [5.41, 5.74) is 0.719. The normalized spacial score (nSPS) is 23.4. The van der Waals surface area contributed by atoms with E-state index in [9.17, 15) is 0 Å². The number of hydrogen-bond acceptors (Lipinski definition) is 4. The Kier molecular flexibility index (Phi) is 3.87. The van der Waals surface area contributed by atoms with Crippen LogP contribution in [-0.4, -0.2) is 31.5 Å². The summed E-state index contributed by atoms with van der Waals surface area (Å²) in [4.78, 5) is 0. The molecule has 1 heterocycles. The summed E-state index contributed by atoms with van der Waals surface area (Å²) in [6.45, 7) is 8.51. The van der Waals surface area contributed by atoms with E-state index < -0.39 is 0 Å². The summed E-state index contributed by atoms with van der Waals surface area (Å²) in [6.07, 6.45) is 0.967. The molecule has 1 aliphatic heterocycles. The number of benzene rings is 1. The molecular formula is C16H25NO3. The van der Waals surface area contributed by atoms with Crippen LogP contribution in [0, 0.1) is 0 Å². The molecule has 1 saturated heterocycles. The van der Waals surface area contributed by atoms with Gasteiger partial charge in [-0.15, -0.1) is 0 Å². The molecule has 0 spiro atoms. The Morgan fingerprint density at radius 1 is 1.10 bits per heavy atom. The minimum Gasteiger partial charge on any atom is -0.493 e. The van der Waals surface area contributed by atoms with Crippen molar-refractivity contribution in [3.63, 3.8) is 0 Å². The second kappa shape index (κ2) is 5.17. The van der Waals surface area contributed by atoms with Crippen LogP contribution in [0.2, 0.25) is 0 Å². The Labute approximate surface area is 121 Å². The van der Waals surface area contributed by atoms with E-state index in [1.165, 1.54) is 0 Å². The first-order valence-electron chi connectivity index (χ1n) is 6.96. The quantitative estimate of drug-likeness (QED) is 0.916. The molecule has 0 aromatic heterocycles. The Morgan fingerprint density at radius 3 is 2.25 bits per heavy atom. The zero-order valence-electron chi connectivity index (χ0n) is 13.2. The highest BCUT2D eigenvalue weighted by Crippen LogP contribution is 2.39. The van der Waals surface area contributed by atoms with Gasteiger partial charge in [0.1, 0.15) is 0 Å². The van der Waals surface area contributed by atoms with Crippen LogP contribution in [0.15, 0.2) is 18.2 Å². The lowest BCUT2D eigenvalue weighted by molar-refractivity contribution is -0.0662. The smallest absolute Gasteiger partial charge is 0.162 e. The highest BCUT2D eigenvalue weighted by atomic mass is 16.5. The van der Waals surface area contributed by atoms with Gasteiger partial charge >= 0.3 is 0 Å². The second-order valence-electron chi connectivity index (χ2n) is 6.44. The monoisotopic (exact) mass is 279 g/mol. The Bertz CT molecular complexity index is 483. The summed E-state index contributed by atoms with van der Waals surface area (Å²) < 4.78 is 16.7. The molecule has 4 heteroatoms. The van der Waals surface area contributed by atoms with E-state index in [1.54, 1.807) is 14.2 Å². The summed E-state index contributed by atoms with van der Waals surface area (Å²) in [6, 6.07) is 6.13. The number of anilines is 1. The van der Waals surface area contributed by atoms with Crippen LogP contribution in [0.5, 0.6) is 11.5 Å². The molecule has 1 fully saturated rings. The van der Waals surface area contributed by atoms with Gasteiger partial charge in [0, 0.05) is 11.8 Å². The van der Waals surface area contributed by atoms with Crippen LogP contribution in [0.1, 0.15) is 34.1 Å². The van der Waals surface area contributed by atoms with Gasteiger partial charge in [0.05, 0.1) is 31.5 Å². The standard InChI is InChI=1S/C16H25NO3/c1-15(2)10-14(16(3,4)20-15)17-11-7-8-12(18-5)13(9-11)19-6/h7-9,14,17H,10H2,1-6H3. The molecule has 0 saturated carbocycles. The third kappa shape index (κ3) is 3.01. The average molecular weight is 279 g/mol. The Hall–Kier alpha value is -1.42. The average Bonchev–Trinajstić information content (AvgIpc) is 2.56. The SMILES string of the molecule is COc1ccc(NC2CC(C)(C)OC2(C)C)cc1OC. The van der Waals surface area contributed by atoms with Crippen LogP contribution in [0.25, 0.3) is 0 Å². The van der Waals surface area contributed by atoms with Crippen molar-refractivity contribution in [2.45, 2.75) is 51.4 Å². The van der Waals surface area contributed by atoms with Crippen LogP contribution in [0.3, 0.4) is 0 Å². The maximum atomic E-state index is 6.10. The van der Waals surface area contributed by atoms with E-state index in [-0.39, 0.29) is 17.2 Å². The molecule has 2 rings (SSSR count). The van der Waals surface area contributed by atoms with E-state index >= 15 is 0 Å². The molecule has 1 unspecified atom stereocenters. The number of methoxy groups -OCH3 is 2. The summed E-state index contributed by atoms with van der Waals surface area (Å²) in [5.74, 6) is 1.47. The van der Waals surface area contributed by atoms with Gasteiger partial charge in [0.2, 0.25) is 0 Å². The fourth-order valence-corrected chi connectivity index (χ4v) is 2.91. The van der Waals surface area contributed by atoms with Crippen molar-refractivity contribution >= 4 is 5.69 Å². The highest BCUT2D eigenvalue weighted by molar-refractivity contribution is 5.55. The topological polar surface area (TPSA) is 39.7 Å². The van der Waals surface area contributed by atoms with Crippen molar-refractivity contribution in [1.82, 2.24) is 0 Å². The molecule has 0 bridgehead atoms. The molecule has 1 aliphatic rings. The van der Waals surface area contributed by atoms with Crippen LogP contribution >= 0.6 is 0 Å². The summed E-state index contributed by atoms with van der Waals surface area (Å²) in [7, 11) is 3.29. The van der Waals surface area contributed by atoms with Crippen molar-refractivity contribution < 1.29 is 14.2 Å². The van der Waals surface area contributed by atoms with Gasteiger partial charge in [-0.1, -0.05) is 0 Å². The molecule has 1 aromatic rings. The van der Waals surface area contributed by atoms with Crippen LogP contribution in [0.4, 0.5) is 5.69 Å². The van der Waals surface area contributed by atoms with Gasteiger partial charge in [-0.05, 0) is 46.2 Å². The predicted molar refractivity (Wildman–Crippen MR) is 80.8 cm³/mol. The van der Waals surface area contributed by atoms with E-state index in [0.717, 1.165) is 23.6 Å². The van der Waals surface area contributed by atoms with E-state index in [4.69, 9.17) is 14.2 Å². The number of hydrogen-bond donors (Lipinski definition) is 1. The van der Waals surface area contributed by atoms with Crippen LogP contribution in [-0.2, 0) is 4.74 Å². The van der Waals surface area contributed by atoms with Gasteiger partial charge in [-0.2, -0.15) is 0 Å². The maximum Gasteiger partial charge on any atom is 0.162 e. The minimum atomic E-state index is -0.198. The first-order chi connectivity index (χ1) is 9.27. The first-order valence-corrected chi connectivity index (χ1v) is 6.96. The van der Waals surface area contributed by atoms with E-state index in [0.29, 0.717) is 0 Å². The van der Waals surface area contributed by atoms with Gasteiger partial charge in [0.25, 0.3) is 0 Å². The fourth-order valence-electron chi connectivity index (χ4n) is 2.91. The largest absolute Gasteiger partial charge is 0.493 e. The van der Waals surface area contributed by atoms with Crippen molar-refractivity contribution in [1.29, 1.82) is 0 Å².